The van der Waals surface area contributed by atoms with Gasteiger partial charge in [0.05, 0.1) is 10.6 Å². The molecule has 0 aliphatic heterocycles. The van der Waals surface area contributed by atoms with Gasteiger partial charge in [0.25, 0.3) is 5.69 Å². The average molecular weight is 418 g/mol. The van der Waals surface area contributed by atoms with E-state index in [-0.39, 0.29) is 17.0 Å². The second kappa shape index (κ2) is 7.25. The van der Waals surface area contributed by atoms with Gasteiger partial charge in [-0.2, -0.15) is 8.78 Å². The van der Waals surface area contributed by atoms with Gasteiger partial charge in [-0.3, -0.25) is 15.1 Å². The van der Waals surface area contributed by atoms with Gasteiger partial charge in [0.15, 0.2) is 0 Å². The lowest BCUT2D eigenvalue weighted by molar-refractivity contribution is -0.384. The van der Waals surface area contributed by atoms with Crippen molar-refractivity contribution in [3.05, 3.63) is 61.7 Å². The smallest absolute Gasteiger partial charge is 0.387 e. The van der Waals surface area contributed by atoms with Crippen LogP contribution in [0.2, 0.25) is 0 Å². The normalized spacial score (nSPS) is 11.1. The number of halogens is 3. The van der Waals surface area contributed by atoms with Gasteiger partial charge >= 0.3 is 6.61 Å². The summed E-state index contributed by atoms with van der Waals surface area (Å²) in [6.07, 6.45) is 1.26. The van der Waals surface area contributed by atoms with Crippen LogP contribution in [0.5, 0.6) is 5.75 Å². The molecule has 0 radical (unpaired) electrons. The van der Waals surface area contributed by atoms with E-state index in [2.05, 4.69) is 32.3 Å². The van der Waals surface area contributed by atoms with Crippen molar-refractivity contribution in [3.8, 4) is 5.75 Å². The minimum atomic E-state index is -3.02. The first-order chi connectivity index (χ1) is 10.5. The van der Waals surface area contributed by atoms with Gasteiger partial charge in [-0.05, 0) is 52.9 Å². The first-order valence-electron chi connectivity index (χ1n) is 5.98. The van der Waals surface area contributed by atoms with Crippen LogP contribution in [0.4, 0.5) is 20.2 Å². The molecule has 0 saturated carbocycles. The fourth-order valence-corrected chi connectivity index (χ4v) is 1.98. The predicted molar refractivity (Wildman–Crippen MR) is 86.1 cm³/mol. The molecular formula is C14H9F2IN2O3. The van der Waals surface area contributed by atoms with Crippen molar-refractivity contribution in [2.24, 2.45) is 4.99 Å². The summed E-state index contributed by atoms with van der Waals surface area (Å²) in [6.45, 7) is -3.02. The highest BCUT2D eigenvalue weighted by Gasteiger charge is 2.13. The Morgan fingerprint density at radius 3 is 2.50 bits per heavy atom. The third-order valence-electron chi connectivity index (χ3n) is 2.60. The summed E-state index contributed by atoms with van der Waals surface area (Å²) >= 11 is 2.14. The molecule has 0 atom stereocenters. The monoisotopic (exact) mass is 418 g/mol. The zero-order valence-corrected chi connectivity index (χ0v) is 13.1. The van der Waals surface area contributed by atoms with Crippen LogP contribution in [0.3, 0.4) is 0 Å². The molecular weight excluding hydrogens is 409 g/mol. The van der Waals surface area contributed by atoms with Gasteiger partial charge in [0.1, 0.15) is 5.75 Å². The maximum Gasteiger partial charge on any atom is 0.387 e. The van der Waals surface area contributed by atoms with Crippen molar-refractivity contribution >= 4 is 40.2 Å². The largest absolute Gasteiger partial charge is 0.434 e. The minimum absolute atomic E-state index is 0.105. The van der Waals surface area contributed by atoms with Gasteiger partial charge in [-0.15, -0.1) is 0 Å². The van der Waals surface area contributed by atoms with Crippen molar-refractivity contribution in [2.45, 2.75) is 6.61 Å². The standard InChI is InChI=1S/C14H9F2IN2O3/c15-14(16)22-13-6-5-12(19(20)21)7-9(13)8-18-11-3-1-10(17)2-4-11/h1-8,14H/b18-8+. The number of benzene rings is 2. The number of nitrogens with zero attached hydrogens (tertiary/aromatic N) is 2. The van der Waals surface area contributed by atoms with Crippen LogP contribution >= 0.6 is 22.6 Å². The Morgan fingerprint density at radius 1 is 1.23 bits per heavy atom. The lowest BCUT2D eigenvalue weighted by Gasteiger charge is -2.07. The number of rotatable bonds is 5. The summed E-state index contributed by atoms with van der Waals surface area (Å²) in [5.74, 6) is -0.171. The minimum Gasteiger partial charge on any atom is -0.434 e. The van der Waals surface area contributed by atoms with Gasteiger partial charge in [-0.1, -0.05) is 0 Å². The molecule has 0 saturated heterocycles. The highest BCUT2D eigenvalue weighted by molar-refractivity contribution is 14.1. The molecule has 0 bridgehead atoms. The van der Waals surface area contributed by atoms with Crippen LogP contribution in [0.25, 0.3) is 0 Å². The molecule has 2 aromatic carbocycles. The molecule has 0 fully saturated rings. The third kappa shape index (κ3) is 4.45. The molecule has 0 aromatic heterocycles. The number of non-ortho nitro benzene ring substituents is 1. The summed E-state index contributed by atoms with van der Waals surface area (Å²) in [6, 6.07) is 10.5. The average Bonchev–Trinajstić information content (AvgIpc) is 2.47. The SMILES string of the molecule is O=[N+]([O-])c1ccc(OC(F)F)c(/C=N/c2ccc(I)cc2)c1. The van der Waals surface area contributed by atoms with E-state index in [1.165, 1.54) is 6.21 Å². The molecule has 8 heteroatoms. The van der Waals surface area contributed by atoms with Crippen molar-refractivity contribution in [3.63, 3.8) is 0 Å². The van der Waals surface area contributed by atoms with E-state index >= 15 is 0 Å². The van der Waals surface area contributed by atoms with E-state index < -0.39 is 11.5 Å². The van der Waals surface area contributed by atoms with Crippen LogP contribution < -0.4 is 4.74 Å². The highest BCUT2D eigenvalue weighted by Crippen LogP contribution is 2.25. The van der Waals surface area contributed by atoms with Crippen LogP contribution in [-0.2, 0) is 0 Å². The van der Waals surface area contributed by atoms with Crippen molar-refractivity contribution in [2.75, 3.05) is 0 Å². The Bertz CT molecular complexity index is 706. The second-order valence-corrected chi connectivity index (χ2v) is 5.34. The molecule has 5 nitrogen and oxygen atoms in total. The lowest BCUT2D eigenvalue weighted by Crippen LogP contribution is -2.04. The number of hydrogen-bond donors (Lipinski definition) is 0. The number of alkyl halides is 2. The Labute approximate surface area is 137 Å². The maximum atomic E-state index is 12.4. The van der Waals surface area contributed by atoms with Gasteiger partial charge in [0.2, 0.25) is 0 Å². The van der Waals surface area contributed by atoms with E-state index in [0.29, 0.717) is 5.69 Å². The summed E-state index contributed by atoms with van der Waals surface area (Å²) in [4.78, 5) is 14.3. The lowest BCUT2D eigenvalue weighted by atomic mass is 10.2. The summed E-state index contributed by atoms with van der Waals surface area (Å²) in [5.41, 5.74) is 0.466. The zero-order valence-electron chi connectivity index (χ0n) is 10.9. The van der Waals surface area contributed by atoms with Crippen molar-refractivity contribution in [1.82, 2.24) is 0 Å². The number of nitro groups is 1. The predicted octanol–water partition coefficient (Wildman–Crippen LogP) is 4.55. The molecule has 2 aromatic rings. The van der Waals surface area contributed by atoms with E-state index in [9.17, 15) is 18.9 Å². The van der Waals surface area contributed by atoms with Gasteiger partial charge < -0.3 is 4.74 Å². The van der Waals surface area contributed by atoms with Crippen molar-refractivity contribution < 1.29 is 18.4 Å². The molecule has 0 amide bonds. The molecule has 0 N–H and O–H groups in total. The Kier molecular flexibility index (Phi) is 5.36. The molecule has 0 spiro atoms. The van der Waals surface area contributed by atoms with Gasteiger partial charge in [0, 0.05) is 27.5 Å². The highest BCUT2D eigenvalue weighted by atomic mass is 127. The first kappa shape index (κ1) is 16.3. The summed E-state index contributed by atoms with van der Waals surface area (Å²) < 4.78 is 30.1. The quantitative estimate of drug-likeness (QED) is 0.310. The maximum absolute atomic E-state index is 12.4. The first-order valence-corrected chi connectivity index (χ1v) is 7.06. The van der Waals surface area contributed by atoms with Crippen LogP contribution in [0.1, 0.15) is 5.56 Å². The molecule has 2 rings (SSSR count). The number of aliphatic imine (C=N–C) groups is 1. The topological polar surface area (TPSA) is 64.7 Å². The number of nitro benzene ring substituents is 1. The van der Waals surface area contributed by atoms with Crippen LogP contribution in [0, 0.1) is 13.7 Å². The second-order valence-electron chi connectivity index (χ2n) is 4.09. The fraction of sp³-hybridized carbons (Fsp3) is 0.0714. The number of hydrogen-bond acceptors (Lipinski definition) is 4. The fourth-order valence-electron chi connectivity index (χ4n) is 1.62. The molecule has 0 unspecified atom stereocenters. The van der Waals surface area contributed by atoms with Crippen molar-refractivity contribution in [1.29, 1.82) is 0 Å². The molecule has 22 heavy (non-hydrogen) atoms. The Balaban J connectivity index is 2.35. The van der Waals surface area contributed by atoms with E-state index in [1.54, 1.807) is 12.1 Å². The third-order valence-corrected chi connectivity index (χ3v) is 3.32. The number of ether oxygens (including phenoxy) is 1. The van der Waals surface area contributed by atoms with Crippen LogP contribution in [0.15, 0.2) is 47.5 Å². The van der Waals surface area contributed by atoms with E-state index in [0.717, 1.165) is 21.8 Å². The van der Waals surface area contributed by atoms with E-state index in [1.807, 2.05) is 12.1 Å². The summed E-state index contributed by atoms with van der Waals surface area (Å²) in [7, 11) is 0. The molecule has 0 aliphatic rings. The Morgan fingerprint density at radius 2 is 1.91 bits per heavy atom. The Hall–Kier alpha value is -2.10. The zero-order chi connectivity index (χ0) is 16.1. The van der Waals surface area contributed by atoms with Crippen LogP contribution in [-0.4, -0.2) is 17.7 Å². The van der Waals surface area contributed by atoms with E-state index in [4.69, 9.17) is 0 Å². The molecule has 0 aliphatic carbocycles. The molecule has 0 heterocycles. The summed E-state index contributed by atoms with van der Waals surface area (Å²) in [5, 5.41) is 10.8. The molecule has 114 valence electrons. The van der Waals surface area contributed by atoms with Gasteiger partial charge in [-0.25, -0.2) is 0 Å².